The Bertz CT molecular complexity index is 932. The third kappa shape index (κ3) is 3.02. The summed E-state index contributed by atoms with van der Waals surface area (Å²) in [6.07, 6.45) is 1.50. The van der Waals surface area contributed by atoms with Crippen LogP contribution >= 0.6 is 11.3 Å². The number of nitrogens with one attached hydrogen (secondary N) is 1. The third-order valence-electron chi connectivity index (χ3n) is 4.31. The fourth-order valence-electron chi connectivity index (χ4n) is 3.17. The molecule has 1 N–H and O–H groups in total. The lowest BCUT2D eigenvalue weighted by atomic mass is 10.2. The summed E-state index contributed by atoms with van der Waals surface area (Å²) in [7, 11) is 0. The summed E-state index contributed by atoms with van der Waals surface area (Å²) < 4.78 is 5.44. The molecular formula is C18H17N3O3S. The van der Waals surface area contributed by atoms with Crippen molar-refractivity contribution >= 4 is 39.9 Å². The molecule has 4 rings (SSSR count). The number of amides is 2. The van der Waals surface area contributed by atoms with Gasteiger partial charge in [0.15, 0.2) is 11.5 Å². The fourth-order valence-corrected chi connectivity index (χ4v) is 3.85. The number of hydrogen-bond acceptors (Lipinski definition) is 5. The molecule has 0 unspecified atom stereocenters. The van der Waals surface area contributed by atoms with Gasteiger partial charge in [-0.25, -0.2) is 4.98 Å². The first-order valence-electron chi connectivity index (χ1n) is 8.14. The maximum absolute atomic E-state index is 12.7. The number of carbonyl (C=O) groups is 2. The van der Waals surface area contributed by atoms with Crippen LogP contribution in [0.2, 0.25) is 0 Å². The van der Waals surface area contributed by atoms with Gasteiger partial charge in [-0.2, -0.15) is 0 Å². The first kappa shape index (κ1) is 15.8. The van der Waals surface area contributed by atoms with Gasteiger partial charge in [0.2, 0.25) is 5.91 Å². The van der Waals surface area contributed by atoms with Gasteiger partial charge in [-0.3, -0.25) is 9.59 Å². The second-order valence-electron chi connectivity index (χ2n) is 6.04. The molecule has 6 nitrogen and oxygen atoms in total. The minimum atomic E-state index is -0.440. The van der Waals surface area contributed by atoms with Crippen molar-refractivity contribution in [3.63, 3.8) is 0 Å². The molecule has 2 aromatic heterocycles. The van der Waals surface area contributed by atoms with Crippen LogP contribution in [0.4, 0.5) is 5.69 Å². The molecule has 3 aromatic rings. The van der Waals surface area contributed by atoms with Gasteiger partial charge in [-0.1, -0.05) is 6.07 Å². The highest BCUT2D eigenvalue weighted by Crippen LogP contribution is 2.24. The van der Waals surface area contributed by atoms with E-state index in [0.29, 0.717) is 40.5 Å². The zero-order valence-electron chi connectivity index (χ0n) is 13.7. The zero-order valence-corrected chi connectivity index (χ0v) is 14.5. The molecule has 1 atom stereocenters. The molecule has 3 heterocycles. The normalized spacial score (nSPS) is 17.2. The van der Waals surface area contributed by atoms with Crippen LogP contribution in [-0.2, 0) is 4.79 Å². The minimum absolute atomic E-state index is 0.0739. The molecular weight excluding hydrogens is 338 g/mol. The monoisotopic (exact) mass is 355 g/mol. The second kappa shape index (κ2) is 6.33. The van der Waals surface area contributed by atoms with Crippen LogP contribution < -0.4 is 5.32 Å². The van der Waals surface area contributed by atoms with Crippen LogP contribution in [0.25, 0.3) is 11.1 Å². The quantitative estimate of drug-likeness (QED) is 0.781. The van der Waals surface area contributed by atoms with Gasteiger partial charge in [0.05, 0.1) is 4.88 Å². The molecule has 1 aliphatic rings. The molecule has 25 heavy (non-hydrogen) atoms. The summed E-state index contributed by atoms with van der Waals surface area (Å²) >= 11 is 1.40. The maximum Gasteiger partial charge on any atom is 0.264 e. The van der Waals surface area contributed by atoms with E-state index in [2.05, 4.69) is 10.3 Å². The predicted molar refractivity (Wildman–Crippen MR) is 95.8 cm³/mol. The van der Waals surface area contributed by atoms with Gasteiger partial charge >= 0.3 is 0 Å². The summed E-state index contributed by atoms with van der Waals surface area (Å²) in [5.41, 5.74) is 2.04. The highest BCUT2D eigenvalue weighted by atomic mass is 32.1. The van der Waals surface area contributed by atoms with Crippen molar-refractivity contribution in [3.8, 4) is 0 Å². The lowest BCUT2D eigenvalue weighted by molar-refractivity contribution is -0.119. The Hall–Kier alpha value is -2.67. The van der Waals surface area contributed by atoms with E-state index in [-0.39, 0.29) is 11.8 Å². The highest BCUT2D eigenvalue weighted by molar-refractivity contribution is 7.12. The first-order chi connectivity index (χ1) is 12.1. The number of rotatable bonds is 3. The number of aromatic nitrogens is 1. The van der Waals surface area contributed by atoms with Gasteiger partial charge in [0.1, 0.15) is 11.6 Å². The maximum atomic E-state index is 12.7. The smallest absolute Gasteiger partial charge is 0.264 e. The number of carbonyl (C=O) groups excluding carboxylic acids is 2. The summed E-state index contributed by atoms with van der Waals surface area (Å²) in [5.74, 6) is 0.346. The van der Waals surface area contributed by atoms with Gasteiger partial charge in [0, 0.05) is 19.2 Å². The standard InChI is InChI=1S/C18H17N3O3S/c1-11-19-13-10-12(6-7-15(13)24-11)20-17(22)14-4-2-8-21(14)18(23)16-5-3-9-25-16/h3,5-7,9-10,14H,2,4,8H2,1H3,(H,20,22)/t14-/m1/s1. The minimum Gasteiger partial charge on any atom is -0.441 e. The van der Waals surface area contributed by atoms with Gasteiger partial charge < -0.3 is 14.6 Å². The van der Waals surface area contributed by atoms with Crippen LogP contribution in [0.5, 0.6) is 0 Å². The summed E-state index contributed by atoms with van der Waals surface area (Å²) in [5, 5.41) is 4.77. The van der Waals surface area contributed by atoms with E-state index < -0.39 is 6.04 Å². The summed E-state index contributed by atoms with van der Waals surface area (Å²) in [6.45, 7) is 2.39. The van der Waals surface area contributed by atoms with Crippen molar-refractivity contribution in [3.05, 3.63) is 46.5 Å². The molecule has 0 spiro atoms. The number of fused-ring (bicyclic) bond motifs is 1. The Morgan fingerprint density at radius 2 is 2.24 bits per heavy atom. The Morgan fingerprint density at radius 3 is 3.04 bits per heavy atom. The van der Waals surface area contributed by atoms with Crippen molar-refractivity contribution in [1.82, 2.24) is 9.88 Å². The van der Waals surface area contributed by atoms with E-state index >= 15 is 0 Å². The van der Waals surface area contributed by atoms with Crippen LogP contribution in [0, 0.1) is 6.92 Å². The first-order valence-corrected chi connectivity index (χ1v) is 9.02. The molecule has 0 saturated carbocycles. The van der Waals surface area contributed by atoms with Crippen molar-refractivity contribution < 1.29 is 14.0 Å². The molecule has 2 amide bonds. The van der Waals surface area contributed by atoms with Gasteiger partial charge in [-0.15, -0.1) is 11.3 Å². The SMILES string of the molecule is Cc1nc2cc(NC(=O)[C@H]3CCCN3C(=O)c3cccs3)ccc2o1. The number of likely N-dealkylation sites (tertiary alicyclic amines) is 1. The van der Waals surface area contributed by atoms with E-state index in [4.69, 9.17) is 4.42 Å². The third-order valence-corrected chi connectivity index (χ3v) is 5.17. The van der Waals surface area contributed by atoms with E-state index in [1.807, 2.05) is 11.4 Å². The topological polar surface area (TPSA) is 75.4 Å². The number of thiophene rings is 1. The Labute approximate surface area is 148 Å². The van der Waals surface area contributed by atoms with Crippen LogP contribution in [0.1, 0.15) is 28.4 Å². The second-order valence-corrected chi connectivity index (χ2v) is 6.99. The van der Waals surface area contributed by atoms with E-state index in [0.717, 1.165) is 6.42 Å². The molecule has 0 radical (unpaired) electrons. The van der Waals surface area contributed by atoms with Crippen molar-refractivity contribution in [2.24, 2.45) is 0 Å². The number of hydrogen-bond donors (Lipinski definition) is 1. The molecule has 0 aliphatic carbocycles. The zero-order chi connectivity index (χ0) is 17.4. The van der Waals surface area contributed by atoms with Crippen molar-refractivity contribution in [2.75, 3.05) is 11.9 Å². The summed E-state index contributed by atoms with van der Waals surface area (Å²) in [4.78, 5) is 31.9. The van der Waals surface area contributed by atoms with Crippen LogP contribution in [0.3, 0.4) is 0 Å². The molecule has 0 bridgehead atoms. The number of anilines is 1. The van der Waals surface area contributed by atoms with E-state index in [9.17, 15) is 9.59 Å². The van der Waals surface area contributed by atoms with E-state index in [1.54, 1.807) is 36.1 Å². The number of oxazole rings is 1. The molecule has 1 saturated heterocycles. The van der Waals surface area contributed by atoms with Crippen molar-refractivity contribution in [1.29, 1.82) is 0 Å². The number of aryl methyl sites for hydroxylation is 1. The Morgan fingerprint density at radius 1 is 1.36 bits per heavy atom. The molecule has 7 heteroatoms. The van der Waals surface area contributed by atoms with Gasteiger partial charge in [0.25, 0.3) is 5.91 Å². The Kier molecular flexibility index (Phi) is 4.01. The number of nitrogens with zero attached hydrogens (tertiary/aromatic N) is 2. The van der Waals surface area contributed by atoms with Crippen LogP contribution in [-0.4, -0.2) is 34.3 Å². The van der Waals surface area contributed by atoms with E-state index in [1.165, 1.54) is 11.3 Å². The Balaban J connectivity index is 1.51. The van der Waals surface area contributed by atoms with Crippen molar-refractivity contribution in [2.45, 2.75) is 25.8 Å². The fraction of sp³-hybridized carbons (Fsp3) is 0.278. The lowest BCUT2D eigenvalue weighted by Gasteiger charge is -2.23. The average molecular weight is 355 g/mol. The highest BCUT2D eigenvalue weighted by Gasteiger charge is 2.34. The largest absolute Gasteiger partial charge is 0.441 e. The summed E-state index contributed by atoms with van der Waals surface area (Å²) in [6, 6.07) is 8.55. The van der Waals surface area contributed by atoms with Gasteiger partial charge in [-0.05, 0) is 42.5 Å². The molecule has 128 valence electrons. The number of benzene rings is 1. The van der Waals surface area contributed by atoms with Crippen LogP contribution in [0.15, 0.2) is 40.1 Å². The molecule has 1 aliphatic heterocycles. The molecule has 1 aromatic carbocycles. The predicted octanol–water partition coefficient (Wildman–Crippen LogP) is 3.44. The lowest BCUT2D eigenvalue weighted by Crippen LogP contribution is -2.42. The molecule has 1 fully saturated rings. The average Bonchev–Trinajstić information content (AvgIpc) is 3.33.